The minimum Gasteiger partial charge on any atom is -0.396 e. The Balaban J connectivity index is 1.92. The maximum Gasteiger partial charge on any atom is 0.0464 e. The highest BCUT2D eigenvalue weighted by Gasteiger charge is 2.52. The SMILES string of the molecule is OC[C@H]1CC12CCNCC2. The molecule has 10 heavy (non-hydrogen) atoms. The smallest absolute Gasteiger partial charge is 0.0464 e. The van der Waals surface area contributed by atoms with Crippen LogP contribution in [-0.4, -0.2) is 24.8 Å². The van der Waals surface area contributed by atoms with Crippen LogP contribution in [0.4, 0.5) is 0 Å². The molecule has 1 aliphatic carbocycles. The fraction of sp³-hybridized carbons (Fsp3) is 1.00. The van der Waals surface area contributed by atoms with E-state index in [9.17, 15) is 0 Å². The number of nitrogens with one attached hydrogen (secondary N) is 1. The molecule has 0 unspecified atom stereocenters. The zero-order chi connectivity index (χ0) is 7.03. The van der Waals surface area contributed by atoms with E-state index in [4.69, 9.17) is 5.11 Å². The second-order valence-corrected chi connectivity index (χ2v) is 3.70. The van der Waals surface area contributed by atoms with Crippen LogP contribution in [-0.2, 0) is 0 Å². The first-order chi connectivity index (χ1) is 4.87. The van der Waals surface area contributed by atoms with Crippen molar-refractivity contribution in [1.29, 1.82) is 0 Å². The fourth-order valence-corrected chi connectivity index (χ4v) is 2.23. The molecule has 1 aliphatic heterocycles. The van der Waals surface area contributed by atoms with Gasteiger partial charge in [-0.25, -0.2) is 0 Å². The molecular formula is C8H15NO. The largest absolute Gasteiger partial charge is 0.396 e. The molecule has 2 fully saturated rings. The highest BCUT2D eigenvalue weighted by atomic mass is 16.3. The minimum absolute atomic E-state index is 0.417. The summed E-state index contributed by atoms with van der Waals surface area (Å²) in [5.41, 5.74) is 0.583. The van der Waals surface area contributed by atoms with Crippen molar-refractivity contribution in [2.24, 2.45) is 11.3 Å². The van der Waals surface area contributed by atoms with Gasteiger partial charge in [-0.3, -0.25) is 0 Å². The van der Waals surface area contributed by atoms with E-state index in [1.165, 1.54) is 19.3 Å². The maximum atomic E-state index is 8.90. The Hall–Kier alpha value is -0.0800. The lowest BCUT2D eigenvalue weighted by molar-refractivity contribution is 0.227. The Morgan fingerprint density at radius 3 is 2.60 bits per heavy atom. The highest BCUT2D eigenvalue weighted by Crippen LogP contribution is 2.57. The summed E-state index contributed by atoms with van der Waals surface area (Å²) in [7, 11) is 0. The Bertz CT molecular complexity index is 129. The number of piperidine rings is 1. The lowest BCUT2D eigenvalue weighted by atomic mass is 9.92. The monoisotopic (exact) mass is 141 g/mol. The van der Waals surface area contributed by atoms with Crippen molar-refractivity contribution in [2.45, 2.75) is 19.3 Å². The van der Waals surface area contributed by atoms with Crippen molar-refractivity contribution in [3.8, 4) is 0 Å². The van der Waals surface area contributed by atoms with E-state index in [1.54, 1.807) is 0 Å². The summed E-state index contributed by atoms with van der Waals surface area (Å²) in [5.74, 6) is 0.648. The van der Waals surface area contributed by atoms with Crippen molar-refractivity contribution in [1.82, 2.24) is 5.32 Å². The Kier molecular flexibility index (Phi) is 1.46. The van der Waals surface area contributed by atoms with Crippen molar-refractivity contribution in [3.05, 3.63) is 0 Å². The second kappa shape index (κ2) is 2.21. The van der Waals surface area contributed by atoms with E-state index in [2.05, 4.69) is 5.32 Å². The normalized spacial score (nSPS) is 36.3. The van der Waals surface area contributed by atoms with Crippen LogP contribution in [0, 0.1) is 11.3 Å². The first-order valence-electron chi connectivity index (χ1n) is 4.19. The molecule has 1 heterocycles. The summed E-state index contributed by atoms with van der Waals surface area (Å²) in [4.78, 5) is 0. The number of aliphatic hydroxyl groups is 1. The fourth-order valence-electron chi connectivity index (χ4n) is 2.23. The van der Waals surface area contributed by atoms with Crippen LogP contribution in [0.2, 0.25) is 0 Å². The number of aliphatic hydroxyl groups excluding tert-OH is 1. The zero-order valence-corrected chi connectivity index (χ0v) is 6.27. The maximum absolute atomic E-state index is 8.90. The van der Waals surface area contributed by atoms with Gasteiger partial charge in [-0.05, 0) is 43.7 Å². The van der Waals surface area contributed by atoms with E-state index in [-0.39, 0.29) is 0 Å². The van der Waals surface area contributed by atoms with Crippen LogP contribution in [0.5, 0.6) is 0 Å². The molecule has 1 saturated carbocycles. The third-order valence-electron chi connectivity index (χ3n) is 3.18. The van der Waals surface area contributed by atoms with Gasteiger partial charge in [0.2, 0.25) is 0 Å². The molecule has 0 amide bonds. The summed E-state index contributed by atoms with van der Waals surface area (Å²) < 4.78 is 0. The van der Waals surface area contributed by atoms with Crippen LogP contribution < -0.4 is 5.32 Å². The average molecular weight is 141 g/mol. The molecule has 2 nitrogen and oxygen atoms in total. The van der Waals surface area contributed by atoms with Gasteiger partial charge in [-0.2, -0.15) is 0 Å². The summed E-state index contributed by atoms with van der Waals surface area (Å²) in [5, 5.41) is 12.2. The first-order valence-corrected chi connectivity index (χ1v) is 4.19. The van der Waals surface area contributed by atoms with Crippen molar-refractivity contribution in [3.63, 3.8) is 0 Å². The molecule has 0 bridgehead atoms. The van der Waals surface area contributed by atoms with E-state index >= 15 is 0 Å². The standard InChI is InChI=1S/C8H15NO/c10-6-7-5-8(7)1-3-9-4-2-8/h7,9-10H,1-6H2/t7-/m1/s1. The van der Waals surface area contributed by atoms with Crippen LogP contribution in [0.15, 0.2) is 0 Å². The molecule has 58 valence electrons. The highest BCUT2D eigenvalue weighted by molar-refractivity contribution is 5.03. The number of hydrogen-bond donors (Lipinski definition) is 2. The molecule has 1 spiro atoms. The first kappa shape index (κ1) is 6.62. The lowest BCUT2D eigenvalue weighted by Crippen LogP contribution is -2.30. The predicted octanol–water partition coefficient (Wildman–Crippen LogP) is 0.368. The lowest BCUT2D eigenvalue weighted by Gasteiger charge is -2.22. The van der Waals surface area contributed by atoms with Crippen molar-refractivity contribution < 1.29 is 5.11 Å². The molecule has 0 aromatic heterocycles. The Labute approximate surface area is 61.6 Å². The third kappa shape index (κ3) is 0.867. The van der Waals surface area contributed by atoms with Crippen LogP contribution in [0.3, 0.4) is 0 Å². The molecule has 2 aliphatic rings. The van der Waals surface area contributed by atoms with E-state index in [0.29, 0.717) is 17.9 Å². The van der Waals surface area contributed by atoms with Crippen LogP contribution in [0.1, 0.15) is 19.3 Å². The quantitative estimate of drug-likeness (QED) is 0.553. The molecule has 0 radical (unpaired) electrons. The molecule has 1 atom stereocenters. The summed E-state index contributed by atoms with van der Waals surface area (Å²) in [6, 6.07) is 0. The van der Waals surface area contributed by atoms with Gasteiger partial charge in [0.05, 0.1) is 0 Å². The topological polar surface area (TPSA) is 32.3 Å². The van der Waals surface area contributed by atoms with Gasteiger partial charge in [-0.1, -0.05) is 0 Å². The summed E-state index contributed by atoms with van der Waals surface area (Å²) in [6.07, 6.45) is 3.86. The van der Waals surface area contributed by atoms with Gasteiger partial charge in [0.1, 0.15) is 0 Å². The minimum atomic E-state index is 0.417. The molecular weight excluding hydrogens is 126 g/mol. The van der Waals surface area contributed by atoms with Gasteiger partial charge in [0.25, 0.3) is 0 Å². The summed E-state index contributed by atoms with van der Waals surface area (Å²) in [6.45, 7) is 2.74. The van der Waals surface area contributed by atoms with Gasteiger partial charge in [0.15, 0.2) is 0 Å². The molecule has 2 N–H and O–H groups in total. The summed E-state index contributed by atoms with van der Waals surface area (Å²) >= 11 is 0. The molecule has 2 rings (SSSR count). The average Bonchev–Trinajstić information content (AvgIpc) is 2.65. The molecule has 1 saturated heterocycles. The van der Waals surface area contributed by atoms with Crippen LogP contribution in [0.25, 0.3) is 0 Å². The van der Waals surface area contributed by atoms with E-state index in [0.717, 1.165) is 13.1 Å². The molecule has 0 aromatic carbocycles. The second-order valence-electron chi connectivity index (χ2n) is 3.70. The van der Waals surface area contributed by atoms with Crippen molar-refractivity contribution in [2.75, 3.05) is 19.7 Å². The van der Waals surface area contributed by atoms with Gasteiger partial charge in [-0.15, -0.1) is 0 Å². The van der Waals surface area contributed by atoms with Gasteiger partial charge >= 0.3 is 0 Å². The van der Waals surface area contributed by atoms with E-state index in [1.807, 2.05) is 0 Å². The predicted molar refractivity (Wildman–Crippen MR) is 39.7 cm³/mol. The molecule has 0 aromatic rings. The van der Waals surface area contributed by atoms with Gasteiger partial charge in [0, 0.05) is 6.61 Å². The zero-order valence-electron chi connectivity index (χ0n) is 6.27. The Morgan fingerprint density at radius 2 is 2.10 bits per heavy atom. The van der Waals surface area contributed by atoms with E-state index < -0.39 is 0 Å². The van der Waals surface area contributed by atoms with Crippen molar-refractivity contribution >= 4 is 0 Å². The number of rotatable bonds is 1. The third-order valence-corrected chi connectivity index (χ3v) is 3.18. The van der Waals surface area contributed by atoms with Gasteiger partial charge < -0.3 is 10.4 Å². The Morgan fingerprint density at radius 1 is 1.40 bits per heavy atom. The number of hydrogen-bond acceptors (Lipinski definition) is 2. The van der Waals surface area contributed by atoms with Crippen LogP contribution >= 0.6 is 0 Å². The molecule has 2 heteroatoms.